The Bertz CT molecular complexity index is 1850. The largest absolute Gasteiger partial charge is 0.333 e. The smallest absolute Gasteiger partial charge is 0.155 e. The molecule has 3 atom stereocenters. The maximum Gasteiger partial charge on any atom is 0.155 e. The Hall–Kier alpha value is -4.99. The molecule has 0 amide bonds. The molecular weight excluding hydrogens is 549 g/mol. The first-order valence-electron chi connectivity index (χ1n) is 15.6. The van der Waals surface area contributed by atoms with Crippen molar-refractivity contribution in [3.05, 3.63) is 181 Å². The monoisotopic (exact) mass is 582 g/mol. The maximum absolute atomic E-state index is 4.58. The Morgan fingerprint density at radius 2 is 1.27 bits per heavy atom. The highest BCUT2D eigenvalue weighted by atomic mass is 28.3. The molecule has 0 saturated heterocycles. The molecule has 44 heavy (non-hydrogen) atoms. The third-order valence-corrected chi connectivity index (χ3v) is 14.9. The molecule has 0 radical (unpaired) electrons. The molecule has 3 aliphatic rings. The minimum absolute atomic E-state index is 0.218. The van der Waals surface area contributed by atoms with Crippen molar-refractivity contribution in [2.75, 3.05) is 4.90 Å². The topological polar surface area (TPSA) is 15.6 Å². The predicted octanol–water partition coefficient (Wildman–Crippen LogP) is 7.77. The molecule has 212 valence electrons. The number of rotatable bonds is 6. The summed E-state index contributed by atoms with van der Waals surface area (Å²) < 4.78 is 0. The van der Waals surface area contributed by atoms with Crippen molar-refractivity contribution < 1.29 is 0 Å². The van der Waals surface area contributed by atoms with Crippen LogP contribution in [0.2, 0.25) is 5.54 Å². The zero-order valence-electron chi connectivity index (χ0n) is 24.6. The molecule has 5 aromatic rings. The van der Waals surface area contributed by atoms with Gasteiger partial charge in [-0.05, 0) is 68.5 Å². The molecule has 2 aliphatic heterocycles. The number of hydrogen-bond donors (Lipinski definition) is 0. The molecule has 0 fully saturated rings. The maximum atomic E-state index is 4.58. The van der Waals surface area contributed by atoms with E-state index in [-0.39, 0.29) is 12.0 Å². The van der Waals surface area contributed by atoms with Crippen LogP contribution in [0.15, 0.2) is 175 Å². The number of para-hydroxylation sites is 1. The van der Waals surface area contributed by atoms with Crippen molar-refractivity contribution in [1.82, 2.24) is 0 Å². The van der Waals surface area contributed by atoms with E-state index in [0.29, 0.717) is 5.54 Å². The minimum atomic E-state index is -2.59. The molecular formula is C41H34N2Si. The van der Waals surface area contributed by atoms with Gasteiger partial charge < -0.3 is 4.90 Å². The van der Waals surface area contributed by atoms with Crippen LogP contribution in [0, 0.1) is 0 Å². The highest BCUT2D eigenvalue weighted by molar-refractivity contribution is 7.12. The standard InChI is InChI=1S/C41H34N2Si/c1-5-13-31(14-6-1)32-21-23-36(24-22-32)44(34-17-9-3-10-18-34,35-19-11-4-12-20-35)37-25-26-38-39-30-42-28-27-40(39)43(41(38)29-37)33-15-7-2-8-16-33/h1-23,25-30,36,39-40H,24H2. The number of anilines is 2. The molecule has 5 aromatic carbocycles. The van der Waals surface area contributed by atoms with Gasteiger partial charge in [0.2, 0.25) is 0 Å². The van der Waals surface area contributed by atoms with E-state index in [2.05, 4.69) is 180 Å². The van der Waals surface area contributed by atoms with Crippen LogP contribution >= 0.6 is 0 Å². The zero-order chi connectivity index (χ0) is 29.3. The van der Waals surface area contributed by atoms with Gasteiger partial charge in [-0.2, -0.15) is 0 Å². The fourth-order valence-corrected chi connectivity index (χ4v) is 13.0. The van der Waals surface area contributed by atoms with Crippen molar-refractivity contribution in [2.24, 2.45) is 4.99 Å². The first-order chi connectivity index (χ1) is 21.8. The minimum Gasteiger partial charge on any atom is -0.333 e. The quantitative estimate of drug-likeness (QED) is 0.148. The molecule has 8 rings (SSSR count). The van der Waals surface area contributed by atoms with Crippen molar-refractivity contribution in [3.8, 4) is 0 Å². The number of aliphatic imine (C=N–C) groups is 1. The number of hydrogen-bond acceptors (Lipinski definition) is 2. The fourth-order valence-electron chi connectivity index (χ4n) is 7.67. The lowest BCUT2D eigenvalue weighted by atomic mass is 9.95. The van der Waals surface area contributed by atoms with Crippen molar-refractivity contribution in [2.45, 2.75) is 23.9 Å². The van der Waals surface area contributed by atoms with Gasteiger partial charge in [0.05, 0.1) is 6.04 Å². The van der Waals surface area contributed by atoms with Crippen LogP contribution in [0.3, 0.4) is 0 Å². The van der Waals surface area contributed by atoms with E-state index in [0.717, 1.165) is 6.42 Å². The van der Waals surface area contributed by atoms with E-state index >= 15 is 0 Å². The summed E-state index contributed by atoms with van der Waals surface area (Å²) in [7, 11) is -2.59. The summed E-state index contributed by atoms with van der Waals surface area (Å²) in [6, 6.07) is 51.9. The summed E-state index contributed by atoms with van der Waals surface area (Å²) in [5.74, 6) is 0.236. The van der Waals surface area contributed by atoms with E-state index in [9.17, 15) is 0 Å². The number of benzene rings is 5. The molecule has 0 spiro atoms. The molecule has 3 unspecified atom stereocenters. The van der Waals surface area contributed by atoms with Gasteiger partial charge in [-0.3, -0.25) is 4.99 Å². The first-order valence-corrected chi connectivity index (χ1v) is 17.7. The lowest BCUT2D eigenvalue weighted by molar-refractivity contribution is 0.780. The molecule has 1 aliphatic carbocycles. The van der Waals surface area contributed by atoms with E-state index in [1.807, 2.05) is 6.20 Å². The Kier molecular flexibility index (Phi) is 6.81. The van der Waals surface area contributed by atoms with Crippen molar-refractivity contribution in [3.63, 3.8) is 0 Å². The summed E-state index contributed by atoms with van der Waals surface area (Å²) in [6.45, 7) is 0. The van der Waals surface area contributed by atoms with Gasteiger partial charge in [-0.25, -0.2) is 0 Å². The Morgan fingerprint density at radius 1 is 0.636 bits per heavy atom. The average molecular weight is 583 g/mol. The van der Waals surface area contributed by atoms with Crippen LogP contribution in [-0.4, -0.2) is 20.3 Å². The van der Waals surface area contributed by atoms with Crippen molar-refractivity contribution in [1.29, 1.82) is 0 Å². The fraction of sp³-hybridized carbons (Fsp3) is 0.0976. The van der Waals surface area contributed by atoms with Gasteiger partial charge >= 0.3 is 0 Å². The molecule has 2 heterocycles. The van der Waals surface area contributed by atoms with Crippen LogP contribution < -0.4 is 20.5 Å². The van der Waals surface area contributed by atoms with Crippen LogP contribution in [0.1, 0.15) is 23.5 Å². The molecule has 0 bridgehead atoms. The normalized spacial score (nSPS) is 20.2. The average Bonchev–Trinajstić information content (AvgIpc) is 3.44. The van der Waals surface area contributed by atoms with Gasteiger partial charge in [0.15, 0.2) is 8.07 Å². The third kappa shape index (κ3) is 4.35. The van der Waals surface area contributed by atoms with Crippen LogP contribution in [0.5, 0.6) is 0 Å². The summed E-state index contributed by atoms with van der Waals surface area (Å²) in [5.41, 5.74) is 6.81. The molecule has 2 nitrogen and oxygen atoms in total. The zero-order valence-corrected chi connectivity index (χ0v) is 25.6. The second kappa shape index (κ2) is 11.3. The van der Waals surface area contributed by atoms with Gasteiger partial charge in [0, 0.05) is 29.7 Å². The third-order valence-electron chi connectivity index (χ3n) is 9.64. The van der Waals surface area contributed by atoms with Gasteiger partial charge in [-0.1, -0.05) is 140 Å². The molecule has 0 N–H and O–H groups in total. The number of allylic oxidation sites excluding steroid dienone is 4. The molecule has 0 aromatic heterocycles. The van der Waals surface area contributed by atoms with Crippen LogP contribution in [0.25, 0.3) is 5.57 Å². The second-order valence-electron chi connectivity index (χ2n) is 11.9. The van der Waals surface area contributed by atoms with E-state index in [4.69, 9.17) is 0 Å². The number of nitrogens with zero attached hydrogens (tertiary/aromatic N) is 2. The SMILES string of the molecule is C1=CC2C(C=N1)c1ccc([Si](c3ccccc3)(c3ccccc3)C3C=CC(c4ccccc4)=CC3)cc1N2c1ccccc1. The Balaban J connectivity index is 1.34. The van der Waals surface area contributed by atoms with Gasteiger partial charge in [-0.15, -0.1) is 0 Å². The summed E-state index contributed by atoms with van der Waals surface area (Å²) in [4.78, 5) is 7.11. The van der Waals surface area contributed by atoms with Gasteiger partial charge in [0.25, 0.3) is 0 Å². The summed E-state index contributed by atoms with van der Waals surface area (Å²) in [5, 5.41) is 4.33. The van der Waals surface area contributed by atoms with Crippen LogP contribution in [0.4, 0.5) is 11.4 Å². The number of fused-ring (bicyclic) bond motifs is 3. The van der Waals surface area contributed by atoms with Gasteiger partial charge in [0.1, 0.15) is 0 Å². The second-order valence-corrected chi connectivity index (χ2v) is 16.0. The predicted molar refractivity (Wildman–Crippen MR) is 189 cm³/mol. The van der Waals surface area contributed by atoms with E-state index < -0.39 is 8.07 Å². The Morgan fingerprint density at radius 3 is 1.91 bits per heavy atom. The lowest BCUT2D eigenvalue weighted by Gasteiger charge is -2.40. The summed E-state index contributed by atoms with van der Waals surface area (Å²) in [6.07, 6.45) is 14.7. The van der Waals surface area contributed by atoms with Crippen molar-refractivity contribution >= 4 is 46.8 Å². The molecule has 3 heteroatoms. The lowest BCUT2D eigenvalue weighted by Crippen LogP contribution is -2.69. The molecule has 0 saturated carbocycles. The Labute approximate surface area is 261 Å². The first kappa shape index (κ1) is 26.6. The highest BCUT2D eigenvalue weighted by Gasteiger charge is 2.47. The van der Waals surface area contributed by atoms with E-state index in [1.165, 1.54) is 43.6 Å². The highest BCUT2D eigenvalue weighted by Crippen LogP contribution is 2.46. The van der Waals surface area contributed by atoms with E-state index in [1.54, 1.807) is 0 Å². The van der Waals surface area contributed by atoms with Crippen LogP contribution in [-0.2, 0) is 0 Å². The summed E-state index contributed by atoms with van der Waals surface area (Å²) >= 11 is 0.